The van der Waals surface area contributed by atoms with Gasteiger partial charge in [0.2, 0.25) is 0 Å². The molecule has 0 unspecified atom stereocenters. The van der Waals surface area contributed by atoms with Crippen LogP contribution in [0.2, 0.25) is 0 Å². The van der Waals surface area contributed by atoms with Crippen LogP contribution < -0.4 is 20.7 Å². The second-order valence-electron chi connectivity index (χ2n) is 5.05. The molecule has 3 rings (SSSR count). The lowest BCUT2D eigenvalue weighted by atomic mass is 9.50. The highest BCUT2D eigenvalue weighted by Gasteiger charge is 2.33. The zero-order chi connectivity index (χ0) is 13.4. The molecule has 0 saturated heterocycles. The Labute approximate surface area is 113 Å². The molecule has 0 radical (unpaired) electrons. The summed E-state index contributed by atoms with van der Waals surface area (Å²) in [5.74, 6) is 0. The Morgan fingerprint density at radius 3 is 2.84 bits per heavy atom. The quantitative estimate of drug-likeness (QED) is 0.487. The number of pyridine rings is 2. The normalized spacial score (nSPS) is 14.2. The van der Waals surface area contributed by atoms with Gasteiger partial charge in [0.25, 0.3) is 0 Å². The van der Waals surface area contributed by atoms with Gasteiger partial charge in [0.05, 0.1) is 5.35 Å². The van der Waals surface area contributed by atoms with Crippen molar-refractivity contribution in [2.75, 3.05) is 7.05 Å². The monoisotopic (exact) mass is 250 g/mol. The van der Waals surface area contributed by atoms with Gasteiger partial charge in [-0.25, -0.2) is 4.57 Å². The zero-order valence-corrected chi connectivity index (χ0v) is 11.5. The van der Waals surface area contributed by atoms with Gasteiger partial charge in [0, 0.05) is 18.5 Å². The molecule has 19 heavy (non-hydrogen) atoms. The lowest BCUT2D eigenvalue weighted by Crippen LogP contribution is -2.62. The third-order valence-corrected chi connectivity index (χ3v) is 3.78. The highest BCUT2D eigenvalue weighted by Crippen LogP contribution is 2.05. The number of hydrogen-bond acceptors (Lipinski definition) is 2. The van der Waals surface area contributed by atoms with Gasteiger partial charge in [-0.3, -0.25) is 4.98 Å². The van der Waals surface area contributed by atoms with E-state index in [4.69, 9.17) is 0 Å². The minimum Gasteiger partial charge on any atom is -0.409 e. The van der Waals surface area contributed by atoms with E-state index in [2.05, 4.69) is 72.0 Å². The molecule has 0 saturated carbocycles. The smallest absolute Gasteiger partial charge is 0.399 e. The van der Waals surface area contributed by atoms with Crippen molar-refractivity contribution in [2.24, 2.45) is 7.05 Å². The summed E-state index contributed by atoms with van der Waals surface area (Å²) in [6.07, 6.45) is 6.06. The third kappa shape index (κ3) is 1.93. The van der Waals surface area contributed by atoms with Crippen LogP contribution in [0.3, 0.4) is 0 Å². The Hall–Kier alpha value is -2.10. The lowest BCUT2D eigenvalue weighted by Gasteiger charge is -2.25. The van der Waals surface area contributed by atoms with Crippen molar-refractivity contribution in [3.8, 4) is 0 Å². The number of aryl methyl sites for hydroxylation is 1. The number of nitrogens with zero attached hydrogens (tertiary/aromatic N) is 3. The molecule has 2 aromatic heterocycles. The van der Waals surface area contributed by atoms with Gasteiger partial charge < -0.3 is 4.81 Å². The first-order valence-electron chi connectivity index (χ1n) is 6.48. The molecule has 0 atom stereocenters. The van der Waals surface area contributed by atoms with Gasteiger partial charge >= 0.3 is 6.85 Å². The Kier molecular flexibility index (Phi) is 2.86. The maximum atomic E-state index is 4.45. The summed E-state index contributed by atoms with van der Waals surface area (Å²) in [6, 6.07) is 10.5. The van der Waals surface area contributed by atoms with Crippen LogP contribution in [0.25, 0.3) is 11.7 Å². The molecule has 0 amide bonds. The van der Waals surface area contributed by atoms with Crippen molar-refractivity contribution in [2.45, 2.75) is 6.92 Å². The van der Waals surface area contributed by atoms with E-state index in [0.717, 1.165) is 5.35 Å². The van der Waals surface area contributed by atoms with Crippen molar-refractivity contribution in [3.63, 3.8) is 0 Å². The standard InChI is InChI=1S/C15H17BN3/c1-12-13-7-6-9-17-14(13)11-19(3)16(12)15-8-4-5-10-18(15)2/h4-11H,1-3H3/q+1. The Balaban J connectivity index is 2.25. The lowest BCUT2D eigenvalue weighted by molar-refractivity contribution is -0.654. The van der Waals surface area contributed by atoms with Crippen molar-refractivity contribution >= 4 is 24.1 Å². The molecule has 0 N–H and O–H groups in total. The van der Waals surface area contributed by atoms with Gasteiger partial charge in [-0.15, -0.1) is 0 Å². The van der Waals surface area contributed by atoms with Crippen LogP contribution >= 0.6 is 0 Å². The minimum absolute atomic E-state index is 0.267. The van der Waals surface area contributed by atoms with E-state index in [1.807, 2.05) is 12.3 Å². The molecule has 1 aliphatic rings. The highest BCUT2D eigenvalue weighted by atomic mass is 15.0. The zero-order valence-electron chi connectivity index (χ0n) is 11.5. The summed E-state index contributed by atoms with van der Waals surface area (Å²) in [7, 11) is 4.20. The largest absolute Gasteiger partial charge is 0.409 e. The average molecular weight is 250 g/mol. The molecule has 1 aliphatic heterocycles. The minimum atomic E-state index is 0.267. The SMILES string of the molecule is CC1=c2cccnc2=CN(C)B1c1cccc[n+]1C. The van der Waals surface area contributed by atoms with Crippen LogP contribution in [0.5, 0.6) is 0 Å². The molecule has 0 bridgehead atoms. The summed E-state index contributed by atoms with van der Waals surface area (Å²) >= 11 is 0. The summed E-state index contributed by atoms with van der Waals surface area (Å²) in [4.78, 5) is 6.68. The van der Waals surface area contributed by atoms with Gasteiger partial charge in [-0.05, 0) is 31.3 Å². The maximum absolute atomic E-state index is 4.45. The Morgan fingerprint density at radius 1 is 1.21 bits per heavy atom. The van der Waals surface area contributed by atoms with E-state index in [9.17, 15) is 0 Å². The van der Waals surface area contributed by atoms with E-state index < -0.39 is 0 Å². The molecule has 3 heterocycles. The second kappa shape index (κ2) is 4.54. The summed E-state index contributed by atoms with van der Waals surface area (Å²) < 4.78 is 2.18. The van der Waals surface area contributed by atoms with Gasteiger partial charge in [0.15, 0.2) is 11.8 Å². The van der Waals surface area contributed by atoms with Gasteiger partial charge in [-0.1, -0.05) is 17.6 Å². The van der Waals surface area contributed by atoms with E-state index in [1.165, 1.54) is 16.3 Å². The van der Waals surface area contributed by atoms with E-state index in [-0.39, 0.29) is 6.85 Å². The van der Waals surface area contributed by atoms with Crippen molar-refractivity contribution in [1.82, 2.24) is 9.79 Å². The summed E-state index contributed by atoms with van der Waals surface area (Å²) in [6.45, 7) is 2.46. The van der Waals surface area contributed by atoms with Crippen LogP contribution in [0, 0.1) is 0 Å². The molecule has 0 spiro atoms. The second-order valence-corrected chi connectivity index (χ2v) is 5.05. The number of hydrogen-bond donors (Lipinski definition) is 0. The van der Waals surface area contributed by atoms with Crippen molar-refractivity contribution in [1.29, 1.82) is 0 Å². The predicted molar refractivity (Wildman–Crippen MR) is 77.8 cm³/mol. The number of fused-ring (bicyclic) bond motifs is 1. The van der Waals surface area contributed by atoms with Crippen LogP contribution in [0.4, 0.5) is 0 Å². The number of rotatable bonds is 1. The van der Waals surface area contributed by atoms with Crippen LogP contribution in [0.15, 0.2) is 42.7 Å². The van der Waals surface area contributed by atoms with Crippen LogP contribution in [-0.2, 0) is 7.05 Å². The molecular weight excluding hydrogens is 233 g/mol. The molecule has 4 heteroatoms. The molecular formula is C15H17BN3+. The van der Waals surface area contributed by atoms with Crippen molar-refractivity contribution < 1.29 is 4.57 Å². The van der Waals surface area contributed by atoms with Crippen LogP contribution in [0.1, 0.15) is 6.92 Å². The summed E-state index contributed by atoms with van der Waals surface area (Å²) in [5.41, 5.74) is 2.63. The third-order valence-electron chi connectivity index (χ3n) is 3.78. The maximum Gasteiger partial charge on any atom is 0.399 e. The van der Waals surface area contributed by atoms with E-state index in [1.54, 1.807) is 0 Å². The number of aromatic nitrogens is 2. The van der Waals surface area contributed by atoms with E-state index >= 15 is 0 Å². The van der Waals surface area contributed by atoms with Gasteiger partial charge in [-0.2, -0.15) is 0 Å². The topological polar surface area (TPSA) is 20.0 Å². The first-order chi connectivity index (χ1) is 9.18. The Bertz CT molecular complexity index is 739. The molecule has 0 aliphatic carbocycles. The first-order valence-corrected chi connectivity index (χ1v) is 6.48. The fraction of sp³-hybridized carbons (Fsp3) is 0.200. The fourth-order valence-corrected chi connectivity index (χ4v) is 2.83. The van der Waals surface area contributed by atoms with Gasteiger partial charge in [0.1, 0.15) is 7.05 Å². The molecule has 0 fully saturated rings. The van der Waals surface area contributed by atoms with Crippen molar-refractivity contribution in [3.05, 3.63) is 53.3 Å². The molecule has 3 nitrogen and oxygen atoms in total. The predicted octanol–water partition coefficient (Wildman–Crippen LogP) is -0.802. The fourth-order valence-electron chi connectivity index (χ4n) is 2.83. The molecule has 2 aromatic rings. The van der Waals surface area contributed by atoms with Crippen LogP contribution in [-0.4, -0.2) is 23.7 Å². The highest BCUT2D eigenvalue weighted by molar-refractivity contribution is 6.85. The molecule has 0 aromatic carbocycles. The summed E-state index contributed by atoms with van der Waals surface area (Å²) in [5, 5.41) is 2.30. The Morgan fingerprint density at radius 2 is 2.05 bits per heavy atom. The first kappa shape index (κ1) is 12.0. The molecule has 94 valence electrons. The van der Waals surface area contributed by atoms with E-state index in [0.29, 0.717) is 0 Å². The average Bonchev–Trinajstić information content (AvgIpc) is 2.41.